The third-order valence-electron chi connectivity index (χ3n) is 3.82. The number of likely N-dealkylation sites (N-methyl/N-ethyl adjacent to an activating group) is 1. The van der Waals surface area contributed by atoms with Crippen LogP contribution in [0.1, 0.15) is 17.3 Å². The number of rotatable bonds is 2. The van der Waals surface area contributed by atoms with Gasteiger partial charge in [-0.05, 0) is 32.2 Å². The molecule has 1 fully saturated rings. The Balaban J connectivity index is 2.24. The summed E-state index contributed by atoms with van der Waals surface area (Å²) in [6.45, 7) is 5.22. The second kappa shape index (κ2) is 5.71. The maximum absolute atomic E-state index is 11.9. The van der Waals surface area contributed by atoms with Gasteiger partial charge in [0.1, 0.15) is 0 Å². The van der Waals surface area contributed by atoms with Gasteiger partial charge < -0.3 is 20.4 Å². The maximum atomic E-state index is 11.9. The topological polar surface area (TPSA) is 52.8 Å². The lowest BCUT2D eigenvalue weighted by molar-refractivity contribution is 0.0827. The highest BCUT2D eigenvalue weighted by Gasteiger charge is 2.23. The second-order valence-corrected chi connectivity index (χ2v) is 5.78. The third kappa shape index (κ3) is 2.88. The van der Waals surface area contributed by atoms with E-state index in [-0.39, 0.29) is 5.91 Å². The Morgan fingerprint density at radius 2 is 2.05 bits per heavy atom. The van der Waals surface area contributed by atoms with Crippen LogP contribution in [0.25, 0.3) is 0 Å². The van der Waals surface area contributed by atoms with Crippen LogP contribution in [-0.2, 0) is 0 Å². The van der Waals surface area contributed by atoms with Crippen molar-refractivity contribution in [1.82, 2.24) is 9.80 Å². The smallest absolute Gasteiger partial charge is 0.253 e. The molecule has 2 rings (SSSR count). The van der Waals surface area contributed by atoms with Gasteiger partial charge in [0, 0.05) is 45.3 Å². The van der Waals surface area contributed by atoms with Gasteiger partial charge in [0.2, 0.25) is 0 Å². The number of piperazine rings is 1. The first-order valence-electron chi connectivity index (χ1n) is 6.96. The van der Waals surface area contributed by atoms with Crippen LogP contribution < -0.4 is 10.6 Å². The van der Waals surface area contributed by atoms with Crippen molar-refractivity contribution in [2.75, 3.05) is 51.4 Å². The van der Waals surface area contributed by atoms with Gasteiger partial charge in [0.25, 0.3) is 5.91 Å². The second-order valence-electron chi connectivity index (χ2n) is 5.78. The molecule has 1 atom stereocenters. The Morgan fingerprint density at radius 1 is 1.35 bits per heavy atom. The van der Waals surface area contributed by atoms with E-state index in [1.807, 2.05) is 12.1 Å². The highest BCUT2D eigenvalue weighted by atomic mass is 16.2. The van der Waals surface area contributed by atoms with Gasteiger partial charge in [0.05, 0.1) is 11.4 Å². The summed E-state index contributed by atoms with van der Waals surface area (Å²) < 4.78 is 0. The van der Waals surface area contributed by atoms with Crippen LogP contribution >= 0.6 is 0 Å². The van der Waals surface area contributed by atoms with Crippen molar-refractivity contribution >= 4 is 17.3 Å². The van der Waals surface area contributed by atoms with Crippen molar-refractivity contribution < 1.29 is 4.79 Å². The maximum Gasteiger partial charge on any atom is 0.253 e. The van der Waals surface area contributed by atoms with E-state index < -0.39 is 0 Å². The van der Waals surface area contributed by atoms with E-state index >= 15 is 0 Å². The van der Waals surface area contributed by atoms with Crippen molar-refractivity contribution in [3.05, 3.63) is 23.8 Å². The standard InChI is InChI=1S/C15H24N4O/c1-11-10-18(4)7-8-19(11)14-6-5-12(9-13(14)16)15(20)17(2)3/h5-6,9,11H,7-8,10,16H2,1-4H3. The van der Waals surface area contributed by atoms with E-state index in [1.54, 1.807) is 25.1 Å². The molecule has 0 radical (unpaired) electrons. The number of benzene rings is 1. The zero-order chi connectivity index (χ0) is 14.9. The Labute approximate surface area is 120 Å². The van der Waals surface area contributed by atoms with Gasteiger partial charge in [-0.25, -0.2) is 0 Å². The van der Waals surface area contributed by atoms with Crippen LogP contribution in [-0.4, -0.2) is 62.5 Å². The average molecular weight is 276 g/mol. The molecule has 0 saturated carbocycles. The fraction of sp³-hybridized carbons (Fsp3) is 0.533. The van der Waals surface area contributed by atoms with Gasteiger partial charge >= 0.3 is 0 Å². The molecule has 1 aliphatic heterocycles. The summed E-state index contributed by atoms with van der Waals surface area (Å²) >= 11 is 0. The molecule has 1 aromatic rings. The SMILES string of the molecule is CC1CN(C)CCN1c1ccc(C(=O)N(C)C)cc1N. The van der Waals surface area contributed by atoms with Crippen LogP contribution in [0.4, 0.5) is 11.4 Å². The quantitative estimate of drug-likeness (QED) is 0.822. The number of hydrogen-bond donors (Lipinski definition) is 1. The first kappa shape index (κ1) is 14.7. The number of nitrogens with zero attached hydrogens (tertiary/aromatic N) is 3. The highest BCUT2D eigenvalue weighted by Crippen LogP contribution is 2.28. The molecule has 0 aliphatic carbocycles. The molecule has 1 aromatic carbocycles. The van der Waals surface area contributed by atoms with Crippen LogP contribution in [0.15, 0.2) is 18.2 Å². The van der Waals surface area contributed by atoms with Crippen LogP contribution in [0.2, 0.25) is 0 Å². The lowest BCUT2D eigenvalue weighted by atomic mass is 10.1. The van der Waals surface area contributed by atoms with Gasteiger partial charge in [-0.2, -0.15) is 0 Å². The number of carbonyl (C=O) groups excluding carboxylic acids is 1. The van der Waals surface area contributed by atoms with Crippen molar-refractivity contribution in [1.29, 1.82) is 0 Å². The van der Waals surface area contributed by atoms with E-state index in [2.05, 4.69) is 23.8 Å². The number of anilines is 2. The van der Waals surface area contributed by atoms with E-state index in [9.17, 15) is 4.79 Å². The summed E-state index contributed by atoms with van der Waals surface area (Å²) in [5.74, 6) is -0.0188. The molecule has 0 spiro atoms. The Kier molecular flexibility index (Phi) is 4.18. The van der Waals surface area contributed by atoms with Crippen molar-refractivity contribution in [3.8, 4) is 0 Å². The van der Waals surface area contributed by atoms with E-state index in [4.69, 9.17) is 5.73 Å². The molecule has 1 saturated heterocycles. The van der Waals surface area contributed by atoms with Crippen molar-refractivity contribution in [2.45, 2.75) is 13.0 Å². The molecule has 5 nitrogen and oxygen atoms in total. The van der Waals surface area contributed by atoms with Crippen LogP contribution in [0.3, 0.4) is 0 Å². The molecule has 1 aliphatic rings. The summed E-state index contributed by atoms with van der Waals surface area (Å²) in [6.07, 6.45) is 0. The Morgan fingerprint density at radius 3 is 2.60 bits per heavy atom. The molecular formula is C15H24N4O. The van der Waals surface area contributed by atoms with Gasteiger partial charge in [-0.1, -0.05) is 0 Å². The van der Waals surface area contributed by atoms with Crippen LogP contribution in [0.5, 0.6) is 0 Å². The molecule has 5 heteroatoms. The normalized spacial score (nSPS) is 20.0. The van der Waals surface area contributed by atoms with Crippen molar-refractivity contribution in [3.63, 3.8) is 0 Å². The molecule has 110 valence electrons. The molecule has 0 aromatic heterocycles. The first-order valence-corrected chi connectivity index (χ1v) is 6.96. The monoisotopic (exact) mass is 276 g/mol. The van der Waals surface area contributed by atoms with Gasteiger partial charge in [0.15, 0.2) is 0 Å². The number of amides is 1. The molecular weight excluding hydrogens is 252 g/mol. The summed E-state index contributed by atoms with van der Waals surface area (Å²) in [6, 6.07) is 6.03. The largest absolute Gasteiger partial charge is 0.397 e. The van der Waals surface area contributed by atoms with E-state index in [0.29, 0.717) is 17.3 Å². The number of nitrogen functional groups attached to an aromatic ring is 1. The zero-order valence-electron chi connectivity index (χ0n) is 12.8. The fourth-order valence-electron chi connectivity index (χ4n) is 2.70. The fourth-order valence-corrected chi connectivity index (χ4v) is 2.70. The average Bonchev–Trinajstić information content (AvgIpc) is 2.38. The van der Waals surface area contributed by atoms with Gasteiger partial charge in [-0.15, -0.1) is 0 Å². The van der Waals surface area contributed by atoms with E-state index in [0.717, 1.165) is 25.3 Å². The van der Waals surface area contributed by atoms with E-state index in [1.165, 1.54) is 0 Å². The number of hydrogen-bond acceptors (Lipinski definition) is 4. The molecule has 1 heterocycles. The Hall–Kier alpha value is -1.75. The summed E-state index contributed by atoms with van der Waals surface area (Å²) in [4.78, 5) is 18.1. The summed E-state index contributed by atoms with van der Waals surface area (Å²) in [5, 5.41) is 0. The molecule has 20 heavy (non-hydrogen) atoms. The summed E-state index contributed by atoms with van der Waals surface area (Å²) in [7, 11) is 5.63. The lowest BCUT2D eigenvalue weighted by Gasteiger charge is -2.40. The van der Waals surface area contributed by atoms with Gasteiger partial charge in [-0.3, -0.25) is 4.79 Å². The molecule has 1 amide bonds. The number of nitrogens with two attached hydrogens (primary N) is 1. The van der Waals surface area contributed by atoms with Crippen molar-refractivity contribution in [2.24, 2.45) is 0 Å². The van der Waals surface area contributed by atoms with Crippen LogP contribution in [0, 0.1) is 0 Å². The highest BCUT2D eigenvalue weighted by molar-refractivity contribution is 5.95. The molecule has 0 bridgehead atoms. The Bertz CT molecular complexity index is 501. The predicted octanol–water partition coefficient (Wildman–Crippen LogP) is 1.11. The lowest BCUT2D eigenvalue weighted by Crippen LogP contribution is -2.50. The molecule has 2 N–H and O–H groups in total. The number of carbonyl (C=O) groups is 1. The first-order chi connectivity index (χ1) is 9.40. The predicted molar refractivity (Wildman–Crippen MR) is 83.2 cm³/mol. The summed E-state index contributed by atoms with van der Waals surface area (Å²) in [5.41, 5.74) is 8.50. The minimum atomic E-state index is -0.0188. The third-order valence-corrected chi connectivity index (χ3v) is 3.82. The minimum absolute atomic E-state index is 0.0188. The zero-order valence-corrected chi connectivity index (χ0v) is 12.8. The minimum Gasteiger partial charge on any atom is -0.397 e. The molecule has 1 unspecified atom stereocenters.